The first-order valence-corrected chi connectivity index (χ1v) is 4.28. The topological polar surface area (TPSA) is 26.0 Å². The molecule has 0 bridgehead atoms. The summed E-state index contributed by atoms with van der Waals surface area (Å²) < 4.78 is 4.47. The molecule has 1 aromatic carbocycles. The lowest BCUT2D eigenvalue weighted by Gasteiger charge is -1.86. The Bertz CT molecular complexity index is 280. The summed E-state index contributed by atoms with van der Waals surface area (Å²) in [5, 5.41) is 1.43. The minimum Gasteiger partial charge on any atom is -0.452 e. The molecular formula is C9H7Cl2NO. The van der Waals surface area contributed by atoms with Crippen molar-refractivity contribution in [3.63, 3.8) is 0 Å². The third-order valence-corrected chi connectivity index (χ3v) is 1.65. The molecule has 0 aliphatic carbocycles. The van der Waals surface area contributed by atoms with E-state index < -0.39 is 0 Å². The van der Waals surface area contributed by atoms with E-state index in [4.69, 9.17) is 23.2 Å². The van der Waals surface area contributed by atoms with E-state index >= 15 is 0 Å². The predicted octanol–water partition coefficient (Wildman–Crippen LogP) is 3.67. The number of benzene rings is 1. The third-order valence-electron chi connectivity index (χ3n) is 1.15. The van der Waals surface area contributed by atoms with Gasteiger partial charge in [0.2, 0.25) is 0 Å². The first-order chi connectivity index (χ1) is 6.29. The summed E-state index contributed by atoms with van der Waals surface area (Å²) in [6.07, 6.45) is 4.47. The fourth-order valence-electron chi connectivity index (χ4n) is 0.605. The number of nitrogens with zero attached hydrogens (tertiary/aromatic N) is 1. The number of aromatic nitrogens is 1. The zero-order valence-electron chi connectivity index (χ0n) is 6.65. The average molecular weight is 216 g/mol. The van der Waals surface area contributed by atoms with Crippen molar-refractivity contribution >= 4 is 23.2 Å². The van der Waals surface area contributed by atoms with Crippen molar-refractivity contribution in [1.82, 2.24) is 4.98 Å². The Morgan fingerprint density at radius 1 is 1.00 bits per heavy atom. The van der Waals surface area contributed by atoms with Gasteiger partial charge in [-0.2, -0.15) is 0 Å². The normalized spacial score (nSPS) is 8.77. The SMILES string of the molecule is Clc1ccc(Cl)cc1.c1cocn1. The van der Waals surface area contributed by atoms with E-state index in [1.807, 2.05) is 0 Å². The van der Waals surface area contributed by atoms with Gasteiger partial charge >= 0.3 is 0 Å². The monoisotopic (exact) mass is 215 g/mol. The van der Waals surface area contributed by atoms with Crippen LogP contribution in [0.5, 0.6) is 0 Å². The van der Waals surface area contributed by atoms with Crippen LogP contribution in [0, 0.1) is 0 Å². The fourth-order valence-corrected chi connectivity index (χ4v) is 0.857. The molecule has 4 heteroatoms. The molecule has 0 atom stereocenters. The largest absolute Gasteiger partial charge is 0.452 e. The zero-order valence-corrected chi connectivity index (χ0v) is 8.16. The molecule has 2 rings (SSSR count). The Morgan fingerprint density at radius 3 is 1.77 bits per heavy atom. The number of oxazole rings is 1. The Hall–Kier alpha value is -0.990. The van der Waals surface area contributed by atoms with Gasteiger partial charge in [0.1, 0.15) is 6.26 Å². The molecule has 0 unspecified atom stereocenters. The van der Waals surface area contributed by atoms with E-state index in [0.29, 0.717) is 0 Å². The van der Waals surface area contributed by atoms with Crippen molar-refractivity contribution in [2.75, 3.05) is 0 Å². The lowest BCUT2D eigenvalue weighted by Crippen LogP contribution is -1.60. The number of halogens is 2. The maximum Gasteiger partial charge on any atom is 0.180 e. The van der Waals surface area contributed by atoms with Gasteiger partial charge < -0.3 is 4.42 Å². The highest BCUT2D eigenvalue weighted by Gasteiger charge is 1.83. The molecular weight excluding hydrogens is 209 g/mol. The predicted molar refractivity (Wildman–Crippen MR) is 53.0 cm³/mol. The quantitative estimate of drug-likeness (QED) is 0.671. The smallest absolute Gasteiger partial charge is 0.180 e. The Balaban J connectivity index is 0.000000145. The standard InChI is InChI=1S/C6H4Cl2.C3H3NO/c7-5-1-2-6(8)4-3-5;1-2-5-3-4-1/h1-4H;1-3H. The van der Waals surface area contributed by atoms with Gasteiger partial charge in [0.05, 0.1) is 6.20 Å². The minimum absolute atomic E-state index is 0.717. The summed E-state index contributed by atoms with van der Waals surface area (Å²) >= 11 is 11.1. The molecule has 0 amide bonds. The number of rotatable bonds is 0. The highest BCUT2D eigenvalue weighted by atomic mass is 35.5. The van der Waals surface area contributed by atoms with Crippen LogP contribution >= 0.6 is 23.2 Å². The minimum atomic E-state index is 0.717. The Labute approximate surface area is 86.1 Å². The zero-order chi connectivity index (χ0) is 9.52. The van der Waals surface area contributed by atoms with E-state index in [9.17, 15) is 0 Å². The summed E-state index contributed by atoms with van der Waals surface area (Å²) in [6.45, 7) is 0. The van der Waals surface area contributed by atoms with Gasteiger partial charge in [-0.3, -0.25) is 0 Å². The van der Waals surface area contributed by atoms with Crippen molar-refractivity contribution in [1.29, 1.82) is 0 Å². The van der Waals surface area contributed by atoms with Crippen molar-refractivity contribution in [3.05, 3.63) is 53.2 Å². The van der Waals surface area contributed by atoms with Crippen LogP contribution in [0.15, 0.2) is 47.5 Å². The van der Waals surface area contributed by atoms with Crippen molar-refractivity contribution in [2.24, 2.45) is 0 Å². The van der Waals surface area contributed by atoms with E-state index in [-0.39, 0.29) is 0 Å². The molecule has 1 heterocycles. The summed E-state index contributed by atoms with van der Waals surface area (Å²) in [7, 11) is 0. The van der Waals surface area contributed by atoms with Crippen LogP contribution < -0.4 is 0 Å². The molecule has 13 heavy (non-hydrogen) atoms. The van der Waals surface area contributed by atoms with E-state index in [2.05, 4.69) is 9.40 Å². The molecule has 0 saturated heterocycles. The van der Waals surface area contributed by atoms with Crippen molar-refractivity contribution < 1.29 is 4.42 Å². The molecule has 0 radical (unpaired) electrons. The number of hydrogen-bond donors (Lipinski definition) is 0. The van der Waals surface area contributed by atoms with Crippen LogP contribution in [0.1, 0.15) is 0 Å². The van der Waals surface area contributed by atoms with Crippen LogP contribution in [0.4, 0.5) is 0 Å². The van der Waals surface area contributed by atoms with Gasteiger partial charge in [0.25, 0.3) is 0 Å². The highest BCUT2D eigenvalue weighted by molar-refractivity contribution is 6.32. The fraction of sp³-hybridized carbons (Fsp3) is 0. The van der Waals surface area contributed by atoms with E-state index in [1.54, 1.807) is 30.5 Å². The molecule has 0 saturated carbocycles. The second-order valence-electron chi connectivity index (χ2n) is 2.11. The second-order valence-corrected chi connectivity index (χ2v) is 2.99. The van der Waals surface area contributed by atoms with Crippen LogP contribution in [-0.2, 0) is 0 Å². The van der Waals surface area contributed by atoms with E-state index in [1.165, 1.54) is 12.7 Å². The summed E-state index contributed by atoms with van der Waals surface area (Å²) in [4.78, 5) is 3.56. The molecule has 0 aliphatic rings. The molecule has 0 spiro atoms. The Morgan fingerprint density at radius 2 is 1.54 bits per heavy atom. The first-order valence-electron chi connectivity index (χ1n) is 3.52. The summed E-state index contributed by atoms with van der Waals surface area (Å²) in [6, 6.07) is 7.02. The number of hydrogen-bond acceptors (Lipinski definition) is 2. The van der Waals surface area contributed by atoms with Gasteiger partial charge in [-0.1, -0.05) is 23.2 Å². The molecule has 1 aromatic heterocycles. The van der Waals surface area contributed by atoms with E-state index in [0.717, 1.165) is 10.0 Å². The lowest BCUT2D eigenvalue weighted by atomic mass is 10.4. The average Bonchev–Trinajstić information content (AvgIpc) is 2.68. The van der Waals surface area contributed by atoms with Crippen molar-refractivity contribution in [3.8, 4) is 0 Å². The van der Waals surface area contributed by atoms with Gasteiger partial charge in [-0.05, 0) is 24.3 Å². The van der Waals surface area contributed by atoms with Gasteiger partial charge in [-0.25, -0.2) is 4.98 Å². The highest BCUT2D eigenvalue weighted by Crippen LogP contribution is 2.12. The van der Waals surface area contributed by atoms with Gasteiger partial charge in [-0.15, -0.1) is 0 Å². The maximum atomic E-state index is 5.55. The van der Waals surface area contributed by atoms with Crippen LogP contribution in [0.2, 0.25) is 10.0 Å². The summed E-state index contributed by atoms with van der Waals surface area (Å²) in [5.74, 6) is 0. The summed E-state index contributed by atoms with van der Waals surface area (Å²) in [5.41, 5.74) is 0. The molecule has 0 fully saturated rings. The van der Waals surface area contributed by atoms with Gasteiger partial charge in [0.15, 0.2) is 6.39 Å². The third kappa shape index (κ3) is 4.55. The van der Waals surface area contributed by atoms with Crippen LogP contribution in [0.3, 0.4) is 0 Å². The molecule has 2 nitrogen and oxygen atoms in total. The molecule has 68 valence electrons. The van der Waals surface area contributed by atoms with Crippen LogP contribution in [-0.4, -0.2) is 4.98 Å². The van der Waals surface area contributed by atoms with Crippen LogP contribution in [0.25, 0.3) is 0 Å². The molecule has 2 aromatic rings. The second kappa shape index (κ2) is 5.62. The first kappa shape index (κ1) is 10.1. The lowest BCUT2D eigenvalue weighted by molar-refractivity contribution is 0.558. The Kier molecular flexibility index (Phi) is 4.36. The van der Waals surface area contributed by atoms with Gasteiger partial charge in [0, 0.05) is 10.0 Å². The maximum absolute atomic E-state index is 5.55. The van der Waals surface area contributed by atoms with Crippen molar-refractivity contribution in [2.45, 2.75) is 0 Å². The molecule has 0 N–H and O–H groups in total. The molecule has 0 aliphatic heterocycles.